The van der Waals surface area contributed by atoms with Crippen LogP contribution >= 0.6 is 0 Å². The molecule has 130 valence electrons. The van der Waals surface area contributed by atoms with Crippen LogP contribution in [0.4, 0.5) is 4.79 Å². The molecule has 0 saturated carbocycles. The van der Waals surface area contributed by atoms with Crippen LogP contribution in [0, 0.1) is 0 Å². The van der Waals surface area contributed by atoms with Crippen molar-refractivity contribution in [2.75, 3.05) is 39.3 Å². The molecule has 0 aromatic heterocycles. The van der Waals surface area contributed by atoms with Gasteiger partial charge in [-0.3, -0.25) is 25.3 Å². The minimum atomic E-state index is -0.365. The van der Waals surface area contributed by atoms with E-state index in [4.69, 9.17) is 4.74 Å². The highest BCUT2D eigenvalue weighted by atomic mass is 16.6. The molecule has 0 atom stereocenters. The standard InChI is InChI=1S/C16H22N4O4/c1-2-24-16(23)20-10-8-19(9-11-20)12-14(21)17-18-15(22)13-6-4-3-5-7-13/h3-7H,2,8-12H2,1H3,(H,17,21)(H,18,22). The van der Waals surface area contributed by atoms with Gasteiger partial charge in [0.1, 0.15) is 0 Å². The molecule has 1 aromatic rings. The van der Waals surface area contributed by atoms with E-state index in [-0.39, 0.29) is 24.5 Å². The van der Waals surface area contributed by atoms with E-state index in [1.54, 1.807) is 36.1 Å². The second-order valence-corrected chi connectivity index (χ2v) is 5.33. The molecule has 24 heavy (non-hydrogen) atoms. The predicted molar refractivity (Wildman–Crippen MR) is 87.1 cm³/mol. The van der Waals surface area contributed by atoms with Crippen LogP contribution in [0.15, 0.2) is 30.3 Å². The van der Waals surface area contributed by atoms with Crippen molar-refractivity contribution in [1.29, 1.82) is 0 Å². The number of hydrogen-bond acceptors (Lipinski definition) is 5. The molecule has 0 spiro atoms. The maximum atomic E-state index is 11.9. The molecule has 1 aliphatic rings. The van der Waals surface area contributed by atoms with Gasteiger partial charge in [0.25, 0.3) is 11.8 Å². The first-order valence-corrected chi connectivity index (χ1v) is 7.88. The van der Waals surface area contributed by atoms with Gasteiger partial charge in [-0.1, -0.05) is 18.2 Å². The number of ether oxygens (including phenoxy) is 1. The van der Waals surface area contributed by atoms with Gasteiger partial charge in [0, 0.05) is 31.7 Å². The monoisotopic (exact) mass is 334 g/mol. The van der Waals surface area contributed by atoms with Crippen LogP contribution in [0.5, 0.6) is 0 Å². The van der Waals surface area contributed by atoms with Crippen LogP contribution in [0.3, 0.4) is 0 Å². The first-order valence-electron chi connectivity index (χ1n) is 7.88. The molecule has 1 heterocycles. The number of nitrogens with zero attached hydrogens (tertiary/aromatic N) is 2. The van der Waals surface area contributed by atoms with Crippen molar-refractivity contribution in [2.24, 2.45) is 0 Å². The Morgan fingerprint density at radius 3 is 2.33 bits per heavy atom. The summed E-state index contributed by atoms with van der Waals surface area (Å²) < 4.78 is 4.95. The van der Waals surface area contributed by atoms with Gasteiger partial charge < -0.3 is 9.64 Å². The number of piperazine rings is 1. The third-order valence-corrected chi connectivity index (χ3v) is 3.62. The van der Waals surface area contributed by atoms with E-state index < -0.39 is 0 Å². The van der Waals surface area contributed by atoms with E-state index in [1.165, 1.54) is 0 Å². The minimum absolute atomic E-state index is 0.158. The van der Waals surface area contributed by atoms with Crippen LogP contribution in [-0.2, 0) is 9.53 Å². The fraction of sp³-hybridized carbons (Fsp3) is 0.438. The highest BCUT2D eigenvalue weighted by Crippen LogP contribution is 2.03. The van der Waals surface area contributed by atoms with Gasteiger partial charge in [0.2, 0.25) is 0 Å². The highest BCUT2D eigenvalue weighted by Gasteiger charge is 2.23. The number of benzene rings is 1. The molecule has 1 aromatic carbocycles. The quantitative estimate of drug-likeness (QED) is 0.769. The Morgan fingerprint density at radius 2 is 1.71 bits per heavy atom. The van der Waals surface area contributed by atoms with Crippen molar-refractivity contribution in [1.82, 2.24) is 20.7 Å². The van der Waals surface area contributed by atoms with Crippen molar-refractivity contribution >= 4 is 17.9 Å². The lowest BCUT2D eigenvalue weighted by Gasteiger charge is -2.33. The van der Waals surface area contributed by atoms with Gasteiger partial charge in [-0.25, -0.2) is 4.79 Å². The SMILES string of the molecule is CCOC(=O)N1CCN(CC(=O)NNC(=O)c2ccccc2)CC1. The molecule has 8 nitrogen and oxygen atoms in total. The first kappa shape index (κ1) is 17.7. The lowest BCUT2D eigenvalue weighted by molar-refractivity contribution is -0.123. The Hall–Kier alpha value is -2.61. The Balaban J connectivity index is 1.68. The first-order chi connectivity index (χ1) is 11.6. The van der Waals surface area contributed by atoms with Crippen molar-refractivity contribution in [3.8, 4) is 0 Å². The van der Waals surface area contributed by atoms with Crippen LogP contribution in [0.1, 0.15) is 17.3 Å². The van der Waals surface area contributed by atoms with E-state index in [0.717, 1.165) is 0 Å². The van der Waals surface area contributed by atoms with Crippen LogP contribution < -0.4 is 10.9 Å². The number of hydrogen-bond donors (Lipinski definition) is 2. The van der Waals surface area contributed by atoms with Gasteiger partial charge in [-0.2, -0.15) is 0 Å². The van der Waals surface area contributed by atoms with E-state index in [2.05, 4.69) is 10.9 Å². The van der Waals surface area contributed by atoms with E-state index in [1.807, 2.05) is 11.0 Å². The Morgan fingerprint density at radius 1 is 1.04 bits per heavy atom. The topological polar surface area (TPSA) is 91.0 Å². The predicted octanol–water partition coefficient (Wildman–Crippen LogP) is 0.222. The van der Waals surface area contributed by atoms with E-state index in [0.29, 0.717) is 38.3 Å². The third kappa shape index (κ3) is 5.24. The average Bonchev–Trinajstić information content (AvgIpc) is 2.61. The summed E-state index contributed by atoms with van der Waals surface area (Å²) in [5.41, 5.74) is 5.25. The summed E-state index contributed by atoms with van der Waals surface area (Å²) >= 11 is 0. The maximum absolute atomic E-state index is 11.9. The number of carbonyl (C=O) groups excluding carboxylic acids is 3. The molecule has 8 heteroatoms. The summed E-state index contributed by atoms with van der Waals surface area (Å²) in [5.74, 6) is -0.667. The number of amides is 3. The summed E-state index contributed by atoms with van der Waals surface area (Å²) in [6.07, 6.45) is -0.322. The van der Waals surface area contributed by atoms with Crippen LogP contribution in [0.2, 0.25) is 0 Å². The van der Waals surface area contributed by atoms with Crippen molar-refractivity contribution in [3.63, 3.8) is 0 Å². The molecule has 2 rings (SSSR count). The summed E-state index contributed by atoms with van der Waals surface area (Å²) in [4.78, 5) is 38.8. The highest BCUT2D eigenvalue weighted by molar-refractivity contribution is 5.95. The fourth-order valence-electron chi connectivity index (χ4n) is 2.33. The number of carbonyl (C=O) groups is 3. The molecule has 2 N–H and O–H groups in total. The second kappa shape index (κ2) is 8.88. The molecule has 0 unspecified atom stereocenters. The van der Waals surface area contributed by atoms with Gasteiger partial charge in [-0.05, 0) is 19.1 Å². The zero-order chi connectivity index (χ0) is 17.4. The molecule has 0 radical (unpaired) electrons. The van der Waals surface area contributed by atoms with Crippen molar-refractivity contribution in [3.05, 3.63) is 35.9 Å². The molecule has 3 amide bonds. The smallest absolute Gasteiger partial charge is 0.409 e. The zero-order valence-corrected chi connectivity index (χ0v) is 13.7. The molecule has 1 fully saturated rings. The molecule has 1 aliphatic heterocycles. The van der Waals surface area contributed by atoms with Crippen LogP contribution in [0.25, 0.3) is 0 Å². The third-order valence-electron chi connectivity index (χ3n) is 3.62. The number of nitrogens with one attached hydrogen (secondary N) is 2. The minimum Gasteiger partial charge on any atom is -0.450 e. The van der Waals surface area contributed by atoms with Gasteiger partial charge in [0.15, 0.2) is 0 Å². The summed E-state index contributed by atoms with van der Waals surface area (Å²) in [7, 11) is 0. The summed E-state index contributed by atoms with van der Waals surface area (Å²) in [6, 6.07) is 8.64. The molecule has 1 saturated heterocycles. The lowest BCUT2D eigenvalue weighted by atomic mass is 10.2. The Bertz CT molecular complexity index is 571. The average molecular weight is 334 g/mol. The van der Waals surface area contributed by atoms with Gasteiger partial charge >= 0.3 is 6.09 Å². The molecule has 0 aliphatic carbocycles. The van der Waals surface area contributed by atoms with E-state index in [9.17, 15) is 14.4 Å². The second-order valence-electron chi connectivity index (χ2n) is 5.33. The molecular formula is C16H22N4O4. The summed E-state index contributed by atoms with van der Waals surface area (Å²) in [5, 5.41) is 0. The number of hydrazine groups is 1. The van der Waals surface area contributed by atoms with E-state index >= 15 is 0 Å². The fourth-order valence-corrected chi connectivity index (χ4v) is 2.33. The largest absolute Gasteiger partial charge is 0.450 e. The molecule has 0 bridgehead atoms. The molecular weight excluding hydrogens is 312 g/mol. The Labute approximate surface area is 140 Å². The van der Waals surface area contributed by atoms with Gasteiger partial charge in [0.05, 0.1) is 13.2 Å². The number of rotatable bonds is 4. The Kier molecular flexibility index (Phi) is 6.56. The van der Waals surface area contributed by atoms with Crippen molar-refractivity contribution < 1.29 is 19.1 Å². The summed E-state index contributed by atoms with van der Waals surface area (Å²) in [6.45, 7) is 4.47. The van der Waals surface area contributed by atoms with Crippen molar-refractivity contribution in [2.45, 2.75) is 6.92 Å². The maximum Gasteiger partial charge on any atom is 0.409 e. The zero-order valence-electron chi connectivity index (χ0n) is 13.7. The van der Waals surface area contributed by atoms with Crippen LogP contribution in [-0.4, -0.2) is 67.0 Å². The van der Waals surface area contributed by atoms with Gasteiger partial charge in [-0.15, -0.1) is 0 Å². The lowest BCUT2D eigenvalue weighted by Crippen LogP contribution is -2.53. The normalized spacial score (nSPS) is 14.8.